The third-order valence-electron chi connectivity index (χ3n) is 10.5. The molecule has 7 rings (SSSR count). The van der Waals surface area contributed by atoms with E-state index >= 15 is 0 Å². The van der Waals surface area contributed by atoms with Crippen LogP contribution in [0.5, 0.6) is 0 Å². The highest BCUT2D eigenvalue weighted by Crippen LogP contribution is 2.68. The van der Waals surface area contributed by atoms with E-state index in [4.69, 9.17) is 4.74 Å². The molecule has 1 saturated heterocycles. The summed E-state index contributed by atoms with van der Waals surface area (Å²) in [5.74, 6) is 0.248. The van der Waals surface area contributed by atoms with Gasteiger partial charge >= 0.3 is 0 Å². The summed E-state index contributed by atoms with van der Waals surface area (Å²) in [6, 6.07) is 14.7. The van der Waals surface area contributed by atoms with Gasteiger partial charge in [-0.05, 0) is 72.7 Å². The van der Waals surface area contributed by atoms with Crippen molar-refractivity contribution in [3.63, 3.8) is 0 Å². The van der Waals surface area contributed by atoms with Gasteiger partial charge in [0.25, 0.3) is 0 Å². The molecule has 2 aromatic rings. The van der Waals surface area contributed by atoms with Gasteiger partial charge in [0, 0.05) is 24.3 Å². The van der Waals surface area contributed by atoms with E-state index in [1.54, 1.807) is 0 Å². The van der Waals surface area contributed by atoms with E-state index in [0.29, 0.717) is 18.6 Å². The number of aliphatic hydroxyl groups is 2. The fraction of sp³-hybridized carbons (Fsp3) is 0.516. The smallest absolute Gasteiger partial charge is 0.141 e. The second-order valence-corrected chi connectivity index (χ2v) is 12.4. The molecule has 8 atom stereocenters. The molecule has 0 unspecified atom stereocenters. The molecular formula is C31H35NO4. The number of ketones is 1. The van der Waals surface area contributed by atoms with Gasteiger partial charge in [-0.2, -0.15) is 0 Å². The van der Waals surface area contributed by atoms with E-state index in [0.717, 1.165) is 36.0 Å². The quantitative estimate of drug-likeness (QED) is 0.669. The summed E-state index contributed by atoms with van der Waals surface area (Å²) in [6.07, 6.45) is 6.26. The summed E-state index contributed by atoms with van der Waals surface area (Å²) >= 11 is 0. The number of Topliss-reactive ketones (excluding diaryl/α,β-unsaturated/α-hetero) is 1. The number of rotatable bonds is 2. The van der Waals surface area contributed by atoms with Crippen molar-refractivity contribution in [2.75, 3.05) is 14.1 Å². The number of nitrogens with zero attached hydrogens (tertiary/aromatic N) is 1. The van der Waals surface area contributed by atoms with Crippen LogP contribution in [0.4, 0.5) is 0 Å². The molecule has 3 fully saturated rings. The monoisotopic (exact) mass is 485 g/mol. The van der Waals surface area contributed by atoms with Crippen LogP contribution < -0.4 is 0 Å². The highest BCUT2D eigenvalue weighted by Gasteiger charge is 2.69. The number of hydrogen-bond donors (Lipinski definition) is 2. The Labute approximate surface area is 212 Å². The van der Waals surface area contributed by atoms with Gasteiger partial charge in [-0.15, -0.1) is 0 Å². The van der Waals surface area contributed by atoms with Gasteiger partial charge in [-0.25, -0.2) is 0 Å². The molecule has 2 spiro atoms. The van der Waals surface area contributed by atoms with Crippen LogP contribution in [-0.4, -0.2) is 64.4 Å². The van der Waals surface area contributed by atoms with Gasteiger partial charge in [0.1, 0.15) is 11.9 Å². The first-order valence-corrected chi connectivity index (χ1v) is 13.4. The van der Waals surface area contributed by atoms with E-state index in [1.165, 1.54) is 10.8 Å². The molecule has 2 N–H and O–H groups in total. The van der Waals surface area contributed by atoms with Gasteiger partial charge < -0.3 is 19.8 Å². The van der Waals surface area contributed by atoms with Crippen LogP contribution in [0.2, 0.25) is 0 Å². The molecule has 0 radical (unpaired) electrons. The first kappa shape index (κ1) is 22.9. The van der Waals surface area contributed by atoms with Crippen molar-refractivity contribution in [1.82, 2.24) is 4.90 Å². The summed E-state index contributed by atoms with van der Waals surface area (Å²) < 4.78 is 7.17. The maximum atomic E-state index is 13.8. The predicted octanol–water partition coefficient (Wildman–Crippen LogP) is 4.13. The number of likely N-dealkylation sites (N-methyl/N-ethyl adjacent to an activating group) is 1. The minimum Gasteiger partial charge on any atom is -0.388 e. The fourth-order valence-electron chi connectivity index (χ4n) is 8.66. The number of allylic oxidation sites excluding steroid dienone is 1. The highest BCUT2D eigenvalue weighted by molar-refractivity contribution is 5.92. The van der Waals surface area contributed by atoms with Crippen molar-refractivity contribution >= 4 is 16.6 Å². The first-order chi connectivity index (χ1) is 17.2. The average Bonchev–Trinajstić information content (AvgIpc) is 3.32. The molecule has 0 amide bonds. The minimum atomic E-state index is -0.938. The Kier molecular flexibility index (Phi) is 4.69. The van der Waals surface area contributed by atoms with Gasteiger partial charge in [0.05, 0.1) is 17.3 Å². The third-order valence-corrected chi connectivity index (χ3v) is 10.5. The molecular weight excluding hydrogens is 450 g/mol. The lowest BCUT2D eigenvalue weighted by molar-refractivity contribution is -0.165. The summed E-state index contributed by atoms with van der Waals surface area (Å²) in [6.45, 7) is 2.29. The molecule has 36 heavy (non-hydrogen) atoms. The van der Waals surface area contributed by atoms with Crippen molar-refractivity contribution < 1.29 is 19.7 Å². The number of aliphatic hydroxyl groups excluding tert-OH is 2. The molecule has 2 bridgehead atoms. The van der Waals surface area contributed by atoms with Gasteiger partial charge in [-0.3, -0.25) is 4.79 Å². The normalized spacial score (nSPS) is 43.2. The lowest BCUT2D eigenvalue weighted by Crippen LogP contribution is -2.61. The largest absolute Gasteiger partial charge is 0.388 e. The van der Waals surface area contributed by atoms with Gasteiger partial charge in [-0.1, -0.05) is 61.5 Å². The van der Waals surface area contributed by atoms with Gasteiger partial charge in [0.15, 0.2) is 0 Å². The molecule has 3 aliphatic carbocycles. The molecule has 5 aliphatic rings. The average molecular weight is 486 g/mol. The number of ether oxygens (including phenoxy) is 1. The number of fused-ring (bicyclic) bond motifs is 2. The van der Waals surface area contributed by atoms with Crippen LogP contribution in [0.3, 0.4) is 0 Å². The van der Waals surface area contributed by atoms with Crippen LogP contribution in [0.25, 0.3) is 10.8 Å². The second-order valence-electron chi connectivity index (χ2n) is 12.4. The maximum absolute atomic E-state index is 13.8. The molecule has 2 aromatic carbocycles. The second kappa shape index (κ2) is 7.38. The lowest BCUT2D eigenvalue weighted by Gasteiger charge is -2.55. The van der Waals surface area contributed by atoms with Crippen LogP contribution in [0.1, 0.15) is 50.5 Å². The molecule has 2 heterocycles. The van der Waals surface area contributed by atoms with Crippen molar-refractivity contribution in [1.29, 1.82) is 0 Å². The van der Waals surface area contributed by atoms with Crippen molar-refractivity contribution in [3.05, 3.63) is 71.3 Å². The van der Waals surface area contributed by atoms with Crippen molar-refractivity contribution in [2.24, 2.45) is 11.3 Å². The summed E-state index contributed by atoms with van der Waals surface area (Å²) in [4.78, 5) is 15.8. The topological polar surface area (TPSA) is 70.0 Å². The first-order valence-electron chi connectivity index (χ1n) is 13.4. The zero-order chi connectivity index (χ0) is 25.0. The number of carbonyl (C=O) groups is 1. The van der Waals surface area contributed by atoms with E-state index in [9.17, 15) is 15.0 Å². The SMILES string of the molecule is CN(C)[C@H]1C[C@@]23CC[C@@]4(O2)C(=CC[C@]2(C)[C@@H](c5ccc6ccccc6c5)C(=O)C[C@H]24)C=C3[C@@H](O)[C@@H]1O. The Morgan fingerprint density at radius 3 is 2.61 bits per heavy atom. The third kappa shape index (κ3) is 2.78. The Morgan fingerprint density at radius 1 is 1.06 bits per heavy atom. The minimum absolute atomic E-state index is 0.0907. The van der Waals surface area contributed by atoms with Gasteiger partial charge in [0.2, 0.25) is 0 Å². The Hall–Kier alpha value is -2.31. The molecule has 5 heteroatoms. The summed E-state index contributed by atoms with van der Waals surface area (Å²) in [5.41, 5.74) is 1.74. The highest BCUT2D eigenvalue weighted by atomic mass is 16.5. The zero-order valence-electron chi connectivity index (χ0n) is 21.3. The lowest BCUT2D eigenvalue weighted by atomic mass is 9.58. The van der Waals surface area contributed by atoms with Crippen LogP contribution in [-0.2, 0) is 9.53 Å². The van der Waals surface area contributed by atoms with Crippen LogP contribution >= 0.6 is 0 Å². The van der Waals surface area contributed by atoms with E-state index in [1.807, 2.05) is 25.1 Å². The summed E-state index contributed by atoms with van der Waals surface area (Å²) in [7, 11) is 3.90. The van der Waals surface area contributed by atoms with Crippen LogP contribution in [0.15, 0.2) is 65.8 Å². The molecule has 188 valence electrons. The number of carbonyl (C=O) groups excluding carboxylic acids is 1. The number of benzene rings is 2. The zero-order valence-corrected chi connectivity index (χ0v) is 21.3. The Morgan fingerprint density at radius 2 is 1.83 bits per heavy atom. The predicted molar refractivity (Wildman–Crippen MR) is 139 cm³/mol. The standard InChI is InChI=1S/C31H35NO4/c1-29-11-10-21-15-22-27(34)28(35)23(32(2)3)17-30(22)12-13-31(21,36-30)25(29)16-24(33)26(29)20-9-8-18-6-4-5-7-19(18)14-20/h4-10,14-15,23,25-28,34-35H,11-13,16-17H2,1-3H3/t23-,25+,26-,27+,28+,29-,30+,31+/m0/s1. The maximum Gasteiger partial charge on any atom is 0.141 e. The molecule has 2 aliphatic heterocycles. The number of hydrogen-bond acceptors (Lipinski definition) is 5. The Bertz CT molecular complexity index is 1350. The van der Waals surface area contributed by atoms with E-state index < -0.39 is 23.4 Å². The molecule has 2 saturated carbocycles. The fourth-order valence-corrected chi connectivity index (χ4v) is 8.66. The van der Waals surface area contributed by atoms with E-state index in [-0.39, 0.29) is 23.3 Å². The van der Waals surface area contributed by atoms with Crippen molar-refractivity contribution in [3.8, 4) is 0 Å². The van der Waals surface area contributed by atoms with Crippen molar-refractivity contribution in [2.45, 2.75) is 74.4 Å². The van der Waals surface area contributed by atoms with Crippen LogP contribution in [0, 0.1) is 11.3 Å². The molecule has 5 nitrogen and oxygen atoms in total. The van der Waals surface area contributed by atoms with E-state index in [2.05, 4.69) is 55.5 Å². The Balaban J connectivity index is 1.32. The molecule has 0 aromatic heterocycles. The summed E-state index contributed by atoms with van der Waals surface area (Å²) in [5, 5.41) is 24.4.